The van der Waals surface area contributed by atoms with Crippen LogP contribution in [0.3, 0.4) is 0 Å². The van der Waals surface area contributed by atoms with Crippen LogP contribution in [0.4, 0.5) is 13.2 Å². The quantitative estimate of drug-likeness (QED) is 0.854. The van der Waals surface area contributed by atoms with E-state index in [9.17, 15) is 13.2 Å². The Labute approximate surface area is 115 Å². The number of nitrogens with two attached hydrogens (primary N) is 1. The number of aliphatic hydroxyl groups is 1. The molecule has 1 rings (SSSR count). The summed E-state index contributed by atoms with van der Waals surface area (Å²) < 4.78 is 37.0. The summed E-state index contributed by atoms with van der Waals surface area (Å²) in [4.78, 5) is 0. The highest BCUT2D eigenvalue weighted by Crippen LogP contribution is 2.31. The van der Waals surface area contributed by atoms with E-state index in [1.165, 1.54) is 18.2 Å². The summed E-state index contributed by atoms with van der Waals surface area (Å²) in [7, 11) is 0. The minimum Gasteiger partial charge on any atom is -0.382 e. The highest BCUT2D eigenvalue weighted by Gasteiger charge is 2.42. The number of rotatable bonds is 2. The van der Waals surface area contributed by atoms with Crippen molar-refractivity contribution in [3.05, 3.63) is 33.3 Å². The second kappa shape index (κ2) is 6.24. The van der Waals surface area contributed by atoms with E-state index in [1.54, 1.807) is 0 Å². The van der Waals surface area contributed by atoms with Crippen LogP contribution in [0.1, 0.15) is 11.6 Å². The van der Waals surface area contributed by atoms with E-state index in [-0.39, 0.29) is 18.0 Å². The van der Waals surface area contributed by atoms with Crippen LogP contribution in [0, 0.1) is 0 Å². The minimum atomic E-state index is -4.74. The summed E-state index contributed by atoms with van der Waals surface area (Å²) in [5, 5.41) is 9.33. The maximum absolute atomic E-state index is 12.2. The summed E-state index contributed by atoms with van der Waals surface area (Å²) in [5.74, 6) is 0. The Hall–Kier alpha value is -0.0100. The van der Waals surface area contributed by atoms with Gasteiger partial charge in [0.05, 0.1) is 11.1 Å². The second-order valence-corrected chi connectivity index (χ2v) is 4.45. The molecule has 8 heteroatoms. The zero-order valence-electron chi connectivity index (χ0n) is 8.21. The highest BCUT2D eigenvalue weighted by atomic mass is 79.9. The molecule has 2 atom stereocenters. The summed E-state index contributed by atoms with van der Waals surface area (Å²) in [5.41, 5.74) is 5.46. The van der Waals surface area contributed by atoms with Gasteiger partial charge in [-0.05, 0) is 33.6 Å². The van der Waals surface area contributed by atoms with Gasteiger partial charge in [-0.3, -0.25) is 0 Å². The molecular formula is C9H9BrCl2F3NO. The monoisotopic (exact) mass is 353 g/mol. The molecule has 0 amide bonds. The fraction of sp³-hybridized carbons (Fsp3) is 0.333. The van der Waals surface area contributed by atoms with E-state index in [0.29, 0.717) is 9.50 Å². The molecule has 0 aromatic heterocycles. The fourth-order valence-corrected chi connectivity index (χ4v) is 1.62. The van der Waals surface area contributed by atoms with Gasteiger partial charge in [-0.1, -0.05) is 17.7 Å². The van der Waals surface area contributed by atoms with E-state index in [0.717, 1.165) is 0 Å². The summed E-state index contributed by atoms with van der Waals surface area (Å²) >= 11 is 8.75. The lowest BCUT2D eigenvalue weighted by molar-refractivity contribution is -0.210. The molecule has 0 bridgehead atoms. The molecule has 2 nitrogen and oxygen atoms in total. The molecule has 1 aromatic carbocycles. The molecule has 0 fully saturated rings. The van der Waals surface area contributed by atoms with Gasteiger partial charge < -0.3 is 10.8 Å². The molecule has 17 heavy (non-hydrogen) atoms. The number of alkyl halides is 3. The van der Waals surface area contributed by atoms with E-state index in [1.807, 2.05) is 0 Å². The first-order chi connectivity index (χ1) is 7.23. The molecule has 1 aromatic rings. The molecule has 0 aliphatic rings. The lowest BCUT2D eigenvalue weighted by atomic mass is 10.0. The van der Waals surface area contributed by atoms with Crippen molar-refractivity contribution in [1.82, 2.24) is 0 Å². The van der Waals surface area contributed by atoms with Crippen LogP contribution >= 0.6 is 39.9 Å². The molecule has 0 spiro atoms. The van der Waals surface area contributed by atoms with Crippen molar-refractivity contribution >= 4 is 39.9 Å². The van der Waals surface area contributed by atoms with Crippen molar-refractivity contribution in [2.45, 2.75) is 18.3 Å². The molecule has 0 saturated carbocycles. The van der Waals surface area contributed by atoms with Crippen molar-refractivity contribution in [2.75, 3.05) is 0 Å². The van der Waals surface area contributed by atoms with Gasteiger partial charge >= 0.3 is 6.18 Å². The summed E-state index contributed by atoms with van der Waals surface area (Å²) in [6.45, 7) is 0. The SMILES string of the molecule is Cl.N[C@@H](c1ccc(Cl)c(Br)c1)[C@H](O)C(F)(F)F. The maximum atomic E-state index is 12.2. The normalized spacial score (nSPS) is 15.0. The molecule has 0 aliphatic heterocycles. The first-order valence-electron chi connectivity index (χ1n) is 4.19. The Bertz CT molecular complexity index is 389. The van der Waals surface area contributed by atoms with Crippen molar-refractivity contribution in [3.8, 4) is 0 Å². The number of hydrogen-bond acceptors (Lipinski definition) is 2. The Morgan fingerprint density at radius 1 is 1.35 bits per heavy atom. The average molecular weight is 355 g/mol. The molecule has 0 saturated heterocycles. The maximum Gasteiger partial charge on any atom is 0.416 e. The lowest BCUT2D eigenvalue weighted by Crippen LogP contribution is -2.38. The highest BCUT2D eigenvalue weighted by molar-refractivity contribution is 9.10. The van der Waals surface area contributed by atoms with Crippen molar-refractivity contribution in [1.29, 1.82) is 0 Å². The van der Waals surface area contributed by atoms with Crippen LogP contribution in [0.2, 0.25) is 5.02 Å². The Kier molecular flexibility index (Phi) is 6.24. The molecule has 0 aliphatic carbocycles. The molecule has 0 unspecified atom stereocenters. The lowest BCUT2D eigenvalue weighted by Gasteiger charge is -2.21. The zero-order valence-corrected chi connectivity index (χ0v) is 11.4. The fourth-order valence-electron chi connectivity index (χ4n) is 1.11. The van der Waals surface area contributed by atoms with Crippen LogP contribution in [-0.2, 0) is 0 Å². The third-order valence-corrected chi connectivity index (χ3v) is 3.22. The van der Waals surface area contributed by atoms with Gasteiger partial charge in [-0.2, -0.15) is 13.2 Å². The Morgan fingerprint density at radius 2 is 1.88 bits per heavy atom. The summed E-state index contributed by atoms with van der Waals surface area (Å²) in [6.07, 6.45) is -7.34. The third-order valence-electron chi connectivity index (χ3n) is 2.00. The van der Waals surface area contributed by atoms with Gasteiger partial charge in [-0.25, -0.2) is 0 Å². The van der Waals surface area contributed by atoms with Gasteiger partial charge in [-0.15, -0.1) is 12.4 Å². The first kappa shape index (κ1) is 17.0. The van der Waals surface area contributed by atoms with Gasteiger partial charge in [0.1, 0.15) is 0 Å². The number of aliphatic hydroxyl groups excluding tert-OH is 1. The zero-order chi connectivity index (χ0) is 12.5. The van der Waals surface area contributed by atoms with Crippen LogP contribution < -0.4 is 5.73 Å². The van der Waals surface area contributed by atoms with Crippen LogP contribution in [0.25, 0.3) is 0 Å². The average Bonchev–Trinajstić information content (AvgIpc) is 2.18. The smallest absolute Gasteiger partial charge is 0.382 e. The number of benzene rings is 1. The topological polar surface area (TPSA) is 46.2 Å². The van der Waals surface area contributed by atoms with Gasteiger partial charge in [0, 0.05) is 4.47 Å². The molecular weight excluding hydrogens is 346 g/mol. The van der Waals surface area contributed by atoms with Crippen molar-refractivity contribution < 1.29 is 18.3 Å². The minimum absolute atomic E-state index is 0. The van der Waals surface area contributed by atoms with Gasteiger partial charge in [0.25, 0.3) is 0 Å². The Balaban J connectivity index is 0.00000256. The predicted molar refractivity (Wildman–Crippen MR) is 65.4 cm³/mol. The molecule has 0 heterocycles. The number of hydrogen-bond donors (Lipinski definition) is 2. The van der Waals surface area contributed by atoms with E-state index < -0.39 is 18.3 Å². The predicted octanol–water partition coefficient (Wildman–Crippen LogP) is 3.45. The van der Waals surface area contributed by atoms with Crippen LogP contribution in [0.15, 0.2) is 22.7 Å². The van der Waals surface area contributed by atoms with Crippen molar-refractivity contribution in [3.63, 3.8) is 0 Å². The number of halogens is 6. The molecule has 0 radical (unpaired) electrons. The standard InChI is InChI=1S/C9H8BrClF3NO.ClH/c10-5-3-4(1-2-6(5)11)7(15)8(16)9(12,13)14;/h1-3,7-8,16H,15H2;1H/t7-,8-;/m0./s1. The first-order valence-corrected chi connectivity index (χ1v) is 5.36. The van der Waals surface area contributed by atoms with Crippen molar-refractivity contribution in [2.24, 2.45) is 5.73 Å². The van der Waals surface area contributed by atoms with Crippen LogP contribution in [-0.4, -0.2) is 17.4 Å². The van der Waals surface area contributed by atoms with Crippen LogP contribution in [0.5, 0.6) is 0 Å². The van der Waals surface area contributed by atoms with E-state index >= 15 is 0 Å². The molecule has 98 valence electrons. The van der Waals surface area contributed by atoms with Gasteiger partial charge in [0.15, 0.2) is 6.10 Å². The van der Waals surface area contributed by atoms with E-state index in [4.69, 9.17) is 22.4 Å². The third kappa shape index (κ3) is 4.30. The van der Waals surface area contributed by atoms with Gasteiger partial charge in [0.2, 0.25) is 0 Å². The van der Waals surface area contributed by atoms with E-state index in [2.05, 4.69) is 15.9 Å². The molecule has 3 N–H and O–H groups in total. The largest absolute Gasteiger partial charge is 0.416 e. The summed E-state index contributed by atoms with van der Waals surface area (Å²) in [6, 6.07) is 2.56. The Morgan fingerprint density at radius 3 is 2.29 bits per heavy atom. The second-order valence-electron chi connectivity index (χ2n) is 3.19.